The standard InChI is InChI=1S/C24H22FN3O2S/c1-26-21-13-18-20(14-22(21)29)27-11-10-23(18)30-24-9-8-17(12-19(24)25)31-28(2)15-16-6-4-3-5-7-16/h3-14,26,29H,15H2,1-2H3. The van der Waals surface area contributed by atoms with Crippen LogP contribution in [0.4, 0.5) is 10.1 Å². The number of pyridine rings is 1. The number of aromatic hydroxyl groups is 1. The number of benzene rings is 3. The summed E-state index contributed by atoms with van der Waals surface area (Å²) in [4.78, 5) is 5.04. The van der Waals surface area contributed by atoms with Gasteiger partial charge in [-0.3, -0.25) is 4.98 Å². The fourth-order valence-corrected chi connectivity index (χ4v) is 4.10. The van der Waals surface area contributed by atoms with E-state index in [0.29, 0.717) is 22.3 Å². The zero-order valence-corrected chi connectivity index (χ0v) is 18.0. The van der Waals surface area contributed by atoms with Crippen molar-refractivity contribution in [2.24, 2.45) is 0 Å². The van der Waals surface area contributed by atoms with Crippen molar-refractivity contribution in [1.29, 1.82) is 0 Å². The Kier molecular flexibility index (Phi) is 6.25. The zero-order valence-electron chi connectivity index (χ0n) is 17.2. The largest absolute Gasteiger partial charge is 0.506 e. The van der Waals surface area contributed by atoms with E-state index in [1.54, 1.807) is 37.5 Å². The van der Waals surface area contributed by atoms with Crippen molar-refractivity contribution in [2.45, 2.75) is 11.4 Å². The molecule has 0 bridgehead atoms. The summed E-state index contributed by atoms with van der Waals surface area (Å²) in [6.07, 6.45) is 1.57. The average molecular weight is 436 g/mol. The molecule has 31 heavy (non-hydrogen) atoms. The normalized spacial score (nSPS) is 11.1. The predicted molar refractivity (Wildman–Crippen MR) is 123 cm³/mol. The third-order valence-corrected chi connectivity index (χ3v) is 5.63. The van der Waals surface area contributed by atoms with E-state index in [0.717, 1.165) is 11.4 Å². The van der Waals surface area contributed by atoms with Crippen LogP contribution in [-0.2, 0) is 6.54 Å². The highest BCUT2D eigenvalue weighted by Crippen LogP contribution is 2.36. The average Bonchev–Trinajstić information content (AvgIpc) is 2.76. The number of aromatic nitrogens is 1. The Morgan fingerprint density at radius 3 is 2.61 bits per heavy atom. The molecule has 2 N–H and O–H groups in total. The van der Waals surface area contributed by atoms with Gasteiger partial charge in [-0.05, 0) is 54.9 Å². The van der Waals surface area contributed by atoms with E-state index in [4.69, 9.17) is 4.74 Å². The van der Waals surface area contributed by atoms with E-state index >= 15 is 0 Å². The molecule has 0 amide bonds. The van der Waals surface area contributed by atoms with Gasteiger partial charge in [-0.1, -0.05) is 30.3 Å². The van der Waals surface area contributed by atoms with E-state index in [1.807, 2.05) is 35.6 Å². The van der Waals surface area contributed by atoms with Gasteiger partial charge in [-0.25, -0.2) is 8.70 Å². The number of hydrogen-bond acceptors (Lipinski definition) is 6. The maximum absolute atomic E-state index is 14.8. The van der Waals surface area contributed by atoms with Crippen LogP contribution in [0.15, 0.2) is 77.8 Å². The summed E-state index contributed by atoms with van der Waals surface area (Å²) in [5, 5.41) is 13.6. The fraction of sp³-hybridized carbons (Fsp3) is 0.125. The number of phenolic OH excluding ortho intramolecular Hbond substituents is 1. The van der Waals surface area contributed by atoms with Gasteiger partial charge < -0.3 is 15.2 Å². The minimum atomic E-state index is -0.448. The summed E-state index contributed by atoms with van der Waals surface area (Å²) < 4.78 is 22.7. The monoisotopic (exact) mass is 435 g/mol. The molecule has 0 aliphatic rings. The van der Waals surface area contributed by atoms with Gasteiger partial charge in [0.05, 0.1) is 11.2 Å². The number of fused-ring (bicyclic) bond motifs is 1. The van der Waals surface area contributed by atoms with Crippen LogP contribution in [0.25, 0.3) is 10.9 Å². The Hall–Kier alpha value is -3.29. The highest BCUT2D eigenvalue weighted by atomic mass is 32.2. The van der Waals surface area contributed by atoms with Crippen molar-refractivity contribution < 1.29 is 14.2 Å². The highest BCUT2D eigenvalue weighted by molar-refractivity contribution is 7.97. The van der Waals surface area contributed by atoms with Gasteiger partial charge in [0.15, 0.2) is 11.6 Å². The molecule has 3 aromatic carbocycles. The molecule has 158 valence electrons. The van der Waals surface area contributed by atoms with Gasteiger partial charge in [0.25, 0.3) is 0 Å². The van der Waals surface area contributed by atoms with E-state index in [2.05, 4.69) is 22.4 Å². The molecular formula is C24H22FN3O2S. The second-order valence-electron chi connectivity index (χ2n) is 7.00. The molecule has 0 aliphatic carbocycles. The number of hydrogen-bond donors (Lipinski definition) is 2. The third kappa shape index (κ3) is 4.90. The van der Waals surface area contributed by atoms with E-state index in [1.165, 1.54) is 23.6 Å². The summed E-state index contributed by atoms with van der Waals surface area (Å²) in [6, 6.07) is 20.0. The van der Waals surface area contributed by atoms with Crippen molar-refractivity contribution in [2.75, 3.05) is 19.4 Å². The Balaban J connectivity index is 1.52. The lowest BCUT2D eigenvalue weighted by molar-refractivity contribution is 0.444. The van der Waals surface area contributed by atoms with Crippen LogP contribution in [0, 0.1) is 5.82 Å². The fourth-order valence-electron chi connectivity index (χ4n) is 3.24. The van der Waals surface area contributed by atoms with Crippen LogP contribution < -0.4 is 10.1 Å². The van der Waals surface area contributed by atoms with Crippen molar-refractivity contribution >= 4 is 28.5 Å². The van der Waals surface area contributed by atoms with Crippen molar-refractivity contribution in [3.8, 4) is 17.2 Å². The number of phenols is 1. The van der Waals surface area contributed by atoms with Crippen LogP contribution in [-0.4, -0.2) is 28.5 Å². The molecule has 5 nitrogen and oxygen atoms in total. The lowest BCUT2D eigenvalue weighted by Gasteiger charge is -2.16. The second-order valence-corrected chi connectivity index (χ2v) is 8.28. The van der Waals surface area contributed by atoms with Crippen LogP contribution in [0.1, 0.15) is 5.56 Å². The van der Waals surface area contributed by atoms with Gasteiger partial charge in [0, 0.05) is 36.1 Å². The maximum atomic E-state index is 14.8. The summed E-state index contributed by atoms with van der Waals surface area (Å²) in [5.41, 5.74) is 2.29. The second kappa shape index (κ2) is 9.24. The Bertz CT molecular complexity index is 1200. The highest BCUT2D eigenvalue weighted by Gasteiger charge is 2.13. The van der Waals surface area contributed by atoms with Crippen LogP contribution in [0.5, 0.6) is 17.2 Å². The molecule has 1 aromatic heterocycles. The first-order valence-corrected chi connectivity index (χ1v) is 10.5. The van der Waals surface area contributed by atoms with Gasteiger partial charge in [-0.2, -0.15) is 0 Å². The topological polar surface area (TPSA) is 57.6 Å². The molecule has 0 radical (unpaired) electrons. The molecule has 4 rings (SSSR count). The van der Waals surface area contributed by atoms with E-state index < -0.39 is 5.82 Å². The molecule has 0 atom stereocenters. The molecule has 7 heteroatoms. The van der Waals surface area contributed by atoms with Crippen molar-refractivity contribution in [3.63, 3.8) is 0 Å². The summed E-state index contributed by atoms with van der Waals surface area (Å²) in [5.74, 6) is 0.228. The third-order valence-electron chi connectivity index (χ3n) is 4.72. The van der Waals surface area contributed by atoms with Gasteiger partial charge >= 0.3 is 0 Å². The number of anilines is 1. The lowest BCUT2D eigenvalue weighted by Crippen LogP contribution is -2.08. The molecule has 4 aromatic rings. The summed E-state index contributed by atoms with van der Waals surface area (Å²) >= 11 is 1.47. The van der Waals surface area contributed by atoms with E-state index in [9.17, 15) is 9.50 Å². The Labute approximate surface area is 184 Å². The SMILES string of the molecule is CNc1cc2c(Oc3ccc(SN(C)Cc4ccccc4)cc3F)ccnc2cc1O. The Morgan fingerprint density at radius 1 is 1.06 bits per heavy atom. The number of nitrogens with one attached hydrogen (secondary N) is 1. The van der Waals surface area contributed by atoms with Gasteiger partial charge in [-0.15, -0.1) is 0 Å². The van der Waals surface area contributed by atoms with Crippen molar-refractivity contribution in [3.05, 3.63) is 84.3 Å². The Morgan fingerprint density at radius 2 is 1.87 bits per heavy atom. The van der Waals surface area contributed by atoms with Gasteiger partial charge in [0.1, 0.15) is 11.5 Å². The molecule has 0 spiro atoms. The first-order valence-electron chi connectivity index (χ1n) is 9.73. The van der Waals surface area contributed by atoms with Crippen LogP contribution >= 0.6 is 11.9 Å². The number of ether oxygens (including phenoxy) is 1. The molecule has 0 unspecified atom stereocenters. The first-order chi connectivity index (χ1) is 15.0. The summed E-state index contributed by atoms with van der Waals surface area (Å²) in [6.45, 7) is 0.745. The van der Waals surface area contributed by atoms with Gasteiger partial charge in [0.2, 0.25) is 0 Å². The number of nitrogens with zero attached hydrogens (tertiary/aromatic N) is 2. The van der Waals surface area contributed by atoms with E-state index in [-0.39, 0.29) is 11.5 Å². The first kappa shape index (κ1) is 21.0. The molecule has 0 saturated carbocycles. The van der Waals surface area contributed by atoms with Crippen LogP contribution in [0.3, 0.4) is 0 Å². The van der Waals surface area contributed by atoms with Crippen molar-refractivity contribution in [1.82, 2.24) is 9.29 Å². The summed E-state index contributed by atoms with van der Waals surface area (Å²) in [7, 11) is 3.68. The lowest BCUT2D eigenvalue weighted by atomic mass is 10.1. The quantitative estimate of drug-likeness (QED) is 0.272. The molecule has 0 aliphatic heterocycles. The number of rotatable bonds is 7. The zero-order chi connectivity index (χ0) is 21.8. The molecule has 1 heterocycles. The molecule has 0 fully saturated rings. The van der Waals surface area contributed by atoms with Crippen LogP contribution in [0.2, 0.25) is 0 Å². The maximum Gasteiger partial charge on any atom is 0.166 e. The minimum Gasteiger partial charge on any atom is -0.506 e. The molecular weight excluding hydrogens is 413 g/mol. The number of halogens is 1. The minimum absolute atomic E-state index is 0.0897. The predicted octanol–water partition coefficient (Wildman–Crippen LogP) is 6.05. The smallest absolute Gasteiger partial charge is 0.166 e. The molecule has 0 saturated heterocycles.